The molecule has 0 saturated heterocycles. The zero-order chi connectivity index (χ0) is 20.6. The fourth-order valence-electron chi connectivity index (χ4n) is 2.98. The molecule has 8 heteroatoms. The van der Waals surface area contributed by atoms with Gasteiger partial charge in [0.25, 0.3) is 5.91 Å². The van der Waals surface area contributed by atoms with E-state index in [1.54, 1.807) is 22.3 Å². The number of benzene rings is 1. The number of likely N-dealkylation sites (N-methyl/N-ethyl adjacent to an activating group) is 1. The van der Waals surface area contributed by atoms with Crippen LogP contribution in [0.4, 0.5) is 5.13 Å². The third-order valence-corrected chi connectivity index (χ3v) is 6.50. The van der Waals surface area contributed by atoms with E-state index in [1.165, 1.54) is 11.3 Å². The minimum Gasteiger partial charge on any atom is -1.00 e. The quantitative estimate of drug-likeness (QED) is 0.431. The van der Waals surface area contributed by atoms with E-state index in [0.717, 1.165) is 45.6 Å². The van der Waals surface area contributed by atoms with Crippen LogP contribution in [0.5, 0.6) is 5.75 Å². The Morgan fingerprint density at radius 3 is 2.63 bits per heavy atom. The Bertz CT molecular complexity index is 953. The van der Waals surface area contributed by atoms with Crippen molar-refractivity contribution < 1.29 is 21.9 Å². The van der Waals surface area contributed by atoms with E-state index in [-0.39, 0.29) is 18.3 Å². The first-order valence-corrected chi connectivity index (χ1v) is 11.6. The number of hydrogen-bond acceptors (Lipinski definition) is 6. The number of thiophene rings is 1. The molecule has 3 aromatic rings. The number of hydrogen-bond donors (Lipinski definition) is 0. The van der Waals surface area contributed by atoms with Crippen LogP contribution in [0, 0.1) is 0 Å². The first kappa shape index (κ1) is 24.3. The van der Waals surface area contributed by atoms with Gasteiger partial charge in [-0.25, -0.2) is 4.98 Å². The summed E-state index contributed by atoms with van der Waals surface area (Å²) in [7, 11) is 0. The highest BCUT2D eigenvalue weighted by Crippen LogP contribution is 2.31. The van der Waals surface area contributed by atoms with Gasteiger partial charge in [0.15, 0.2) is 5.13 Å². The molecule has 0 atom stereocenters. The summed E-state index contributed by atoms with van der Waals surface area (Å²) in [5, 5.41) is 2.73. The summed E-state index contributed by atoms with van der Waals surface area (Å²) < 4.78 is 6.62. The lowest BCUT2D eigenvalue weighted by Crippen LogP contribution is -3.00. The summed E-state index contributed by atoms with van der Waals surface area (Å²) in [5.74, 6) is 0.781. The first-order chi connectivity index (χ1) is 14.1. The Morgan fingerprint density at radius 1 is 1.17 bits per heavy atom. The predicted molar refractivity (Wildman–Crippen MR) is 124 cm³/mol. The molecular formula is C22H27ClN3O2S2-. The molecule has 0 saturated carbocycles. The van der Waals surface area contributed by atoms with Crippen LogP contribution < -0.4 is 22.0 Å². The van der Waals surface area contributed by atoms with Gasteiger partial charge >= 0.3 is 0 Å². The average molecular weight is 465 g/mol. The maximum absolute atomic E-state index is 13.0. The number of carbonyl (C=O) groups excluding carboxylic acids is 1. The summed E-state index contributed by atoms with van der Waals surface area (Å²) in [6.45, 7) is 10.2. The fraction of sp³-hybridized carbons (Fsp3) is 0.364. The van der Waals surface area contributed by atoms with E-state index in [4.69, 9.17) is 9.72 Å². The molecule has 0 spiro atoms. The third-order valence-electron chi connectivity index (χ3n) is 4.62. The molecule has 0 aliphatic rings. The van der Waals surface area contributed by atoms with Gasteiger partial charge in [0.1, 0.15) is 5.75 Å². The van der Waals surface area contributed by atoms with Gasteiger partial charge in [-0.3, -0.25) is 9.69 Å². The molecule has 1 aromatic carbocycles. The first-order valence-electron chi connectivity index (χ1n) is 9.93. The van der Waals surface area contributed by atoms with Crippen LogP contribution in [0.3, 0.4) is 0 Å². The maximum Gasteiger partial charge on any atom is 0.252 e. The van der Waals surface area contributed by atoms with Gasteiger partial charge in [-0.2, -0.15) is 0 Å². The molecule has 0 unspecified atom stereocenters. The molecule has 0 radical (unpaired) electrons. The van der Waals surface area contributed by atoms with Crippen LogP contribution in [0.25, 0.3) is 16.3 Å². The highest BCUT2D eigenvalue weighted by Gasteiger charge is 2.19. The smallest absolute Gasteiger partial charge is 0.252 e. The van der Waals surface area contributed by atoms with Crippen LogP contribution in [0.2, 0.25) is 0 Å². The van der Waals surface area contributed by atoms with E-state index >= 15 is 0 Å². The Labute approximate surface area is 192 Å². The molecule has 1 amide bonds. The highest BCUT2D eigenvalue weighted by molar-refractivity contribution is 7.22. The minimum absolute atomic E-state index is 0. The Kier molecular flexibility index (Phi) is 9.78. The number of amides is 1. The Hall–Kier alpha value is -1.93. The number of carbonyl (C=O) groups is 1. The second-order valence-electron chi connectivity index (χ2n) is 6.42. The number of fused-ring (bicyclic) bond motifs is 1. The van der Waals surface area contributed by atoms with Gasteiger partial charge in [-0.05, 0) is 55.7 Å². The third kappa shape index (κ3) is 6.28. The summed E-state index contributed by atoms with van der Waals surface area (Å²) in [5.41, 5.74) is 0.885. The molecule has 5 nitrogen and oxygen atoms in total. The van der Waals surface area contributed by atoms with Crippen LogP contribution in [-0.4, -0.2) is 48.6 Å². The molecule has 162 valence electrons. The molecule has 2 heterocycles. The van der Waals surface area contributed by atoms with E-state index in [9.17, 15) is 4.79 Å². The van der Waals surface area contributed by atoms with E-state index in [0.29, 0.717) is 13.2 Å². The molecule has 0 fully saturated rings. The van der Waals surface area contributed by atoms with E-state index in [2.05, 4.69) is 18.7 Å². The summed E-state index contributed by atoms with van der Waals surface area (Å²) in [6, 6.07) is 9.86. The fourth-order valence-corrected chi connectivity index (χ4v) is 4.62. The van der Waals surface area contributed by atoms with Gasteiger partial charge < -0.3 is 22.0 Å². The van der Waals surface area contributed by atoms with Crippen molar-refractivity contribution in [1.29, 1.82) is 0 Å². The second-order valence-corrected chi connectivity index (χ2v) is 8.41. The van der Waals surface area contributed by atoms with Crippen LogP contribution in [0.15, 0.2) is 41.8 Å². The van der Waals surface area contributed by atoms with Crippen molar-refractivity contribution in [2.45, 2.75) is 20.8 Å². The van der Waals surface area contributed by atoms with Crippen LogP contribution >= 0.6 is 22.7 Å². The molecule has 0 aliphatic heterocycles. The topological polar surface area (TPSA) is 45.7 Å². The lowest BCUT2D eigenvalue weighted by Gasteiger charge is -2.23. The Morgan fingerprint density at radius 2 is 1.97 bits per heavy atom. The minimum atomic E-state index is -0.0466. The average Bonchev–Trinajstić information content (AvgIpc) is 3.39. The largest absolute Gasteiger partial charge is 1.00 e. The molecular weight excluding hydrogens is 438 g/mol. The van der Waals surface area contributed by atoms with Crippen LogP contribution in [-0.2, 0) is 4.79 Å². The SMILES string of the molecule is CCOc1ccc2nc(N(CCN(CC)CC)C(=O)/C=C/c3cccs3)sc2c1.[Cl-]. The summed E-state index contributed by atoms with van der Waals surface area (Å²) in [6.07, 6.45) is 3.52. The van der Waals surface area contributed by atoms with Crippen molar-refractivity contribution in [2.75, 3.05) is 37.7 Å². The van der Waals surface area contributed by atoms with Crippen molar-refractivity contribution in [1.82, 2.24) is 9.88 Å². The van der Waals surface area contributed by atoms with Gasteiger partial charge in [-0.1, -0.05) is 31.3 Å². The molecule has 0 N–H and O–H groups in total. The van der Waals surface area contributed by atoms with Gasteiger partial charge in [0.05, 0.1) is 16.8 Å². The van der Waals surface area contributed by atoms with Crippen molar-refractivity contribution in [3.05, 3.63) is 46.7 Å². The summed E-state index contributed by atoms with van der Waals surface area (Å²) >= 11 is 3.14. The van der Waals surface area contributed by atoms with Gasteiger partial charge in [0, 0.05) is 24.0 Å². The zero-order valence-corrected chi connectivity index (χ0v) is 19.9. The molecule has 2 aromatic heterocycles. The van der Waals surface area contributed by atoms with Crippen LogP contribution in [0.1, 0.15) is 25.6 Å². The zero-order valence-electron chi connectivity index (χ0n) is 17.5. The number of nitrogens with zero attached hydrogens (tertiary/aromatic N) is 3. The number of anilines is 1. The molecule has 30 heavy (non-hydrogen) atoms. The summed E-state index contributed by atoms with van der Waals surface area (Å²) in [4.78, 5) is 22.9. The van der Waals surface area contributed by atoms with Crippen molar-refractivity contribution in [3.8, 4) is 5.75 Å². The number of thiazole rings is 1. The normalized spacial score (nSPS) is 11.2. The number of rotatable bonds is 10. The number of halogens is 1. The van der Waals surface area contributed by atoms with Gasteiger partial charge in [0.2, 0.25) is 0 Å². The highest BCUT2D eigenvalue weighted by atomic mass is 35.5. The number of ether oxygens (including phenoxy) is 1. The lowest BCUT2D eigenvalue weighted by atomic mass is 10.3. The van der Waals surface area contributed by atoms with Gasteiger partial charge in [-0.15, -0.1) is 11.3 Å². The van der Waals surface area contributed by atoms with Crippen molar-refractivity contribution in [3.63, 3.8) is 0 Å². The molecule has 3 rings (SSSR count). The lowest BCUT2D eigenvalue weighted by molar-refractivity contribution is -0.114. The van der Waals surface area contributed by atoms with Crippen molar-refractivity contribution in [2.24, 2.45) is 0 Å². The molecule has 0 aliphatic carbocycles. The standard InChI is InChI=1S/C22H27N3O2S2.ClH/c1-4-24(5-2)13-14-25(21(26)12-10-18-8-7-15-28-18)22-23-19-11-9-17(27-6-3)16-20(19)29-22;/h7-12,15-16H,4-6,13-14H2,1-3H3;1H/p-1/b12-10+;. The Balaban J connectivity index is 0.00000320. The second kappa shape index (κ2) is 12.1. The van der Waals surface area contributed by atoms with Crippen molar-refractivity contribution >= 4 is 50.0 Å². The number of aromatic nitrogens is 1. The maximum atomic E-state index is 13.0. The van der Waals surface area contributed by atoms with E-state index < -0.39 is 0 Å². The monoisotopic (exact) mass is 464 g/mol. The van der Waals surface area contributed by atoms with E-state index in [1.807, 2.05) is 48.7 Å². The molecule has 0 bridgehead atoms. The predicted octanol–water partition coefficient (Wildman–Crippen LogP) is 2.15.